The van der Waals surface area contributed by atoms with Gasteiger partial charge in [-0.25, -0.2) is 0 Å². The van der Waals surface area contributed by atoms with Gasteiger partial charge in [-0.15, -0.1) is 0 Å². The Balaban J connectivity index is 2.03. The summed E-state index contributed by atoms with van der Waals surface area (Å²) in [6.45, 7) is 9.90. The lowest BCUT2D eigenvalue weighted by Gasteiger charge is -2.23. The first kappa shape index (κ1) is 15.3. The van der Waals surface area contributed by atoms with Gasteiger partial charge in [0.25, 0.3) is 0 Å². The number of pyridine rings is 1. The zero-order valence-electron chi connectivity index (χ0n) is 13.1. The van der Waals surface area contributed by atoms with Crippen molar-refractivity contribution in [3.8, 4) is 0 Å². The zero-order chi connectivity index (χ0) is 14.4. The highest BCUT2D eigenvalue weighted by Crippen LogP contribution is 2.19. The summed E-state index contributed by atoms with van der Waals surface area (Å²) in [5.41, 5.74) is 2.42. The Labute approximate surface area is 123 Å². The van der Waals surface area contributed by atoms with Crippen LogP contribution in [0.4, 0.5) is 5.69 Å². The molecule has 0 bridgehead atoms. The van der Waals surface area contributed by atoms with E-state index in [1.807, 2.05) is 6.20 Å². The summed E-state index contributed by atoms with van der Waals surface area (Å²) >= 11 is 0. The lowest BCUT2D eigenvalue weighted by molar-refractivity contribution is 0.360. The molecule has 2 rings (SSSR count). The highest BCUT2D eigenvalue weighted by atomic mass is 15.2. The van der Waals surface area contributed by atoms with Crippen LogP contribution < -0.4 is 10.2 Å². The van der Waals surface area contributed by atoms with Crippen molar-refractivity contribution in [2.45, 2.75) is 32.7 Å². The minimum atomic E-state index is 0.379. The zero-order valence-corrected chi connectivity index (χ0v) is 13.1. The van der Waals surface area contributed by atoms with Gasteiger partial charge in [-0.1, -0.05) is 13.8 Å². The normalized spacial score (nSPS) is 18.9. The molecular formula is C16H28N4. The summed E-state index contributed by atoms with van der Waals surface area (Å²) in [5.74, 6) is 0. The Morgan fingerprint density at radius 2 is 2.05 bits per heavy atom. The molecule has 0 radical (unpaired) electrons. The van der Waals surface area contributed by atoms with Crippen molar-refractivity contribution in [2.75, 3.05) is 44.7 Å². The maximum absolute atomic E-state index is 4.68. The smallest absolute Gasteiger partial charge is 0.0574 e. The summed E-state index contributed by atoms with van der Waals surface area (Å²) in [5, 5.41) is 3.48. The fourth-order valence-corrected chi connectivity index (χ4v) is 2.80. The fraction of sp³-hybridized carbons (Fsp3) is 0.688. The molecule has 20 heavy (non-hydrogen) atoms. The third-order valence-corrected chi connectivity index (χ3v) is 4.07. The second-order valence-electron chi connectivity index (χ2n) is 5.60. The maximum Gasteiger partial charge on any atom is 0.0574 e. The molecule has 0 aliphatic carbocycles. The molecule has 1 atom stereocenters. The van der Waals surface area contributed by atoms with Gasteiger partial charge in [0.1, 0.15) is 0 Å². The highest BCUT2D eigenvalue weighted by molar-refractivity contribution is 5.45. The van der Waals surface area contributed by atoms with Crippen LogP contribution in [0, 0.1) is 0 Å². The molecule has 4 heteroatoms. The molecule has 1 saturated heterocycles. The van der Waals surface area contributed by atoms with E-state index in [1.54, 1.807) is 0 Å². The Morgan fingerprint density at radius 1 is 1.20 bits per heavy atom. The number of likely N-dealkylation sites (N-methyl/N-ethyl adjacent to an activating group) is 1. The third-order valence-electron chi connectivity index (χ3n) is 4.07. The third kappa shape index (κ3) is 3.93. The van der Waals surface area contributed by atoms with E-state index in [0.29, 0.717) is 6.04 Å². The number of hydrogen-bond donors (Lipinski definition) is 1. The van der Waals surface area contributed by atoms with E-state index < -0.39 is 0 Å². The number of anilines is 1. The summed E-state index contributed by atoms with van der Waals surface area (Å²) < 4.78 is 0. The Morgan fingerprint density at radius 3 is 2.70 bits per heavy atom. The van der Waals surface area contributed by atoms with Crippen LogP contribution in [0.3, 0.4) is 0 Å². The number of nitrogens with one attached hydrogen (secondary N) is 1. The van der Waals surface area contributed by atoms with E-state index in [0.717, 1.165) is 38.3 Å². The lowest BCUT2D eigenvalue weighted by atomic mass is 10.1. The van der Waals surface area contributed by atoms with Crippen molar-refractivity contribution in [2.24, 2.45) is 0 Å². The van der Waals surface area contributed by atoms with Gasteiger partial charge >= 0.3 is 0 Å². The van der Waals surface area contributed by atoms with Gasteiger partial charge in [0.15, 0.2) is 0 Å². The van der Waals surface area contributed by atoms with Crippen molar-refractivity contribution in [3.63, 3.8) is 0 Å². The molecule has 1 aliphatic heterocycles. The molecule has 1 unspecified atom stereocenters. The molecule has 0 amide bonds. The topological polar surface area (TPSA) is 31.4 Å². The summed E-state index contributed by atoms with van der Waals surface area (Å²) in [6.07, 6.45) is 4.35. The number of hydrogen-bond acceptors (Lipinski definition) is 4. The molecule has 0 saturated carbocycles. The predicted octanol–water partition coefficient (Wildman–Crippen LogP) is 2.28. The number of rotatable bonds is 5. The SMILES string of the molecule is CCNC(CC)c1ccc(N2CCCN(C)CC2)cn1. The average molecular weight is 276 g/mol. The second-order valence-corrected chi connectivity index (χ2v) is 5.60. The Bertz CT molecular complexity index is 390. The molecule has 4 nitrogen and oxygen atoms in total. The van der Waals surface area contributed by atoms with Gasteiger partial charge in [0.05, 0.1) is 17.6 Å². The van der Waals surface area contributed by atoms with Crippen molar-refractivity contribution in [1.29, 1.82) is 0 Å². The first-order valence-corrected chi connectivity index (χ1v) is 7.87. The lowest BCUT2D eigenvalue weighted by Crippen LogP contribution is -2.29. The second kappa shape index (κ2) is 7.60. The van der Waals surface area contributed by atoms with Gasteiger partial charge in [-0.05, 0) is 45.1 Å². The van der Waals surface area contributed by atoms with Crippen molar-refractivity contribution >= 4 is 5.69 Å². The summed E-state index contributed by atoms with van der Waals surface area (Å²) in [7, 11) is 2.20. The van der Waals surface area contributed by atoms with Crippen LogP contribution in [0.1, 0.15) is 38.4 Å². The van der Waals surface area contributed by atoms with E-state index >= 15 is 0 Å². The van der Waals surface area contributed by atoms with Crippen LogP contribution in [0.25, 0.3) is 0 Å². The van der Waals surface area contributed by atoms with Crippen molar-refractivity contribution in [3.05, 3.63) is 24.0 Å². The monoisotopic (exact) mass is 276 g/mol. The van der Waals surface area contributed by atoms with Gasteiger partial charge in [-0.2, -0.15) is 0 Å². The molecule has 1 N–H and O–H groups in total. The first-order chi connectivity index (χ1) is 9.74. The highest BCUT2D eigenvalue weighted by Gasteiger charge is 2.14. The quantitative estimate of drug-likeness (QED) is 0.894. The van der Waals surface area contributed by atoms with Crippen molar-refractivity contribution in [1.82, 2.24) is 15.2 Å². The van der Waals surface area contributed by atoms with Gasteiger partial charge in [0, 0.05) is 25.7 Å². The van der Waals surface area contributed by atoms with Gasteiger partial charge in [0.2, 0.25) is 0 Å². The molecule has 1 aromatic heterocycles. The van der Waals surface area contributed by atoms with Crippen LogP contribution >= 0.6 is 0 Å². The Kier molecular flexibility index (Phi) is 5.80. The maximum atomic E-state index is 4.68. The number of nitrogens with zero attached hydrogens (tertiary/aromatic N) is 3. The first-order valence-electron chi connectivity index (χ1n) is 7.87. The molecule has 1 aliphatic rings. The van der Waals surface area contributed by atoms with E-state index in [-0.39, 0.29) is 0 Å². The molecule has 0 aromatic carbocycles. The number of aromatic nitrogens is 1. The summed E-state index contributed by atoms with van der Waals surface area (Å²) in [6, 6.07) is 4.79. The molecule has 1 aromatic rings. The van der Waals surface area contributed by atoms with E-state index in [9.17, 15) is 0 Å². The Hall–Kier alpha value is -1.13. The van der Waals surface area contributed by atoms with Crippen LogP contribution in [0.2, 0.25) is 0 Å². The van der Waals surface area contributed by atoms with Crippen LogP contribution in [-0.2, 0) is 0 Å². The van der Waals surface area contributed by atoms with E-state index in [2.05, 4.69) is 53.1 Å². The van der Waals surface area contributed by atoms with Gasteiger partial charge in [-0.3, -0.25) is 4.98 Å². The van der Waals surface area contributed by atoms with E-state index in [4.69, 9.17) is 0 Å². The van der Waals surface area contributed by atoms with Crippen LogP contribution in [0.15, 0.2) is 18.3 Å². The summed E-state index contributed by atoms with van der Waals surface area (Å²) in [4.78, 5) is 9.53. The molecule has 0 spiro atoms. The van der Waals surface area contributed by atoms with E-state index in [1.165, 1.54) is 18.7 Å². The predicted molar refractivity (Wildman–Crippen MR) is 85.3 cm³/mol. The average Bonchev–Trinajstić information content (AvgIpc) is 2.70. The molecule has 1 fully saturated rings. The van der Waals surface area contributed by atoms with Gasteiger partial charge < -0.3 is 15.1 Å². The molecular weight excluding hydrogens is 248 g/mol. The van der Waals surface area contributed by atoms with Crippen LogP contribution in [-0.4, -0.2) is 49.7 Å². The van der Waals surface area contributed by atoms with Crippen LogP contribution in [0.5, 0.6) is 0 Å². The van der Waals surface area contributed by atoms with Crippen molar-refractivity contribution < 1.29 is 0 Å². The largest absolute Gasteiger partial charge is 0.369 e. The fourth-order valence-electron chi connectivity index (χ4n) is 2.80. The minimum absolute atomic E-state index is 0.379. The molecule has 2 heterocycles. The standard InChI is InChI=1S/C16H28N4/c1-4-15(17-5-2)16-8-7-14(13-18-16)20-10-6-9-19(3)11-12-20/h7-8,13,15,17H,4-6,9-12H2,1-3H3. The minimum Gasteiger partial charge on any atom is -0.369 e. The molecule has 112 valence electrons.